The summed E-state index contributed by atoms with van der Waals surface area (Å²) in [6, 6.07) is 21.9. The van der Waals surface area contributed by atoms with E-state index in [0.717, 1.165) is 26.9 Å². The summed E-state index contributed by atoms with van der Waals surface area (Å²) in [6.45, 7) is 0. The average molecular weight is 426 g/mol. The van der Waals surface area contributed by atoms with Gasteiger partial charge in [-0.3, -0.25) is 0 Å². The van der Waals surface area contributed by atoms with E-state index in [4.69, 9.17) is 0 Å². The van der Waals surface area contributed by atoms with Gasteiger partial charge in [0.25, 0.3) is 0 Å². The number of halogens is 2. The largest absolute Gasteiger partial charge is 0.507 e. The molecule has 0 amide bonds. The monoisotopic (exact) mass is 425 g/mol. The third-order valence-corrected chi connectivity index (χ3v) is 5.27. The van der Waals surface area contributed by atoms with Crippen molar-refractivity contribution in [2.45, 2.75) is 12.2 Å². The molecule has 0 saturated heterocycles. The highest BCUT2D eigenvalue weighted by Gasteiger charge is 2.29. The van der Waals surface area contributed by atoms with Crippen molar-refractivity contribution in [1.82, 2.24) is 5.32 Å². The fourth-order valence-electron chi connectivity index (χ4n) is 3.34. The maximum atomic E-state index is 13.3. The number of para-hydroxylation sites is 1. The molecule has 136 valence electrons. The lowest BCUT2D eigenvalue weighted by atomic mass is 9.98. The van der Waals surface area contributed by atoms with Crippen LogP contribution >= 0.6 is 15.9 Å². The number of nitrogens with one attached hydrogen (secondary N) is 1. The molecule has 0 radical (unpaired) electrons. The molecule has 0 spiro atoms. The van der Waals surface area contributed by atoms with E-state index in [1.807, 2.05) is 42.5 Å². The summed E-state index contributed by atoms with van der Waals surface area (Å²) in [7, 11) is 0. The Morgan fingerprint density at radius 2 is 1.63 bits per heavy atom. The Bertz CT molecular complexity index is 970. The van der Waals surface area contributed by atoms with Gasteiger partial charge >= 0.3 is 0 Å². The van der Waals surface area contributed by atoms with Gasteiger partial charge < -0.3 is 15.7 Å². The Labute approximate surface area is 165 Å². The minimum absolute atomic E-state index is 0.0684. The Balaban J connectivity index is 1.75. The van der Waals surface area contributed by atoms with Crippen LogP contribution in [0.25, 0.3) is 5.70 Å². The first kappa shape index (κ1) is 17.8. The normalized spacial score (nSPS) is 19.3. The van der Waals surface area contributed by atoms with Crippen molar-refractivity contribution in [3.8, 4) is 5.75 Å². The lowest BCUT2D eigenvalue weighted by molar-refractivity contribution is -0.731. The van der Waals surface area contributed by atoms with Crippen LogP contribution in [0.15, 0.2) is 83.3 Å². The van der Waals surface area contributed by atoms with Crippen molar-refractivity contribution in [2.24, 2.45) is 0 Å². The zero-order valence-corrected chi connectivity index (χ0v) is 16.0. The Hall–Kier alpha value is -2.63. The highest BCUT2D eigenvalue weighted by atomic mass is 79.9. The number of hydrogen-bond donors (Lipinski definition) is 3. The topological polar surface area (TPSA) is 48.9 Å². The van der Waals surface area contributed by atoms with Gasteiger partial charge in [0.15, 0.2) is 6.17 Å². The first-order chi connectivity index (χ1) is 13.1. The quantitative estimate of drug-likeness (QED) is 0.587. The number of aromatic hydroxyl groups is 1. The maximum absolute atomic E-state index is 13.3. The molecule has 1 aliphatic rings. The van der Waals surface area contributed by atoms with E-state index in [2.05, 4.69) is 32.6 Å². The second-order valence-electron chi connectivity index (χ2n) is 6.54. The van der Waals surface area contributed by atoms with Gasteiger partial charge in [0.1, 0.15) is 17.6 Å². The minimum Gasteiger partial charge on any atom is -0.507 e. The fraction of sp³-hybridized carbons (Fsp3) is 0.0909. The van der Waals surface area contributed by atoms with Crippen LogP contribution < -0.4 is 10.6 Å². The van der Waals surface area contributed by atoms with E-state index in [0.29, 0.717) is 0 Å². The molecule has 3 aromatic rings. The summed E-state index contributed by atoms with van der Waals surface area (Å²) in [6.07, 6.45) is 2.01. The Kier molecular flexibility index (Phi) is 4.97. The molecule has 0 bridgehead atoms. The molecule has 3 nitrogen and oxygen atoms in total. The van der Waals surface area contributed by atoms with E-state index in [-0.39, 0.29) is 23.8 Å². The molecular weight excluding hydrogens is 407 g/mol. The predicted octanol–water partition coefficient (Wildman–Crippen LogP) is 4.24. The second-order valence-corrected chi connectivity index (χ2v) is 7.45. The molecule has 0 aliphatic carbocycles. The van der Waals surface area contributed by atoms with Gasteiger partial charge in [-0.15, -0.1) is 0 Å². The smallest absolute Gasteiger partial charge is 0.186 e. The summed E-state index contributed by atoms with van der Waals surface area (Å²) >= 11 is 3.47. The number of phenols is 1. The second kappa shape index (κ2) is 7.55. The van der Waals surface area contributed by atoms with Crippen molar-refractivity contribution >= 4 is 21.6 Å². The molecule has 3 aromatic carbocycles. The van der Waals surface area contributed by atoms with Gasteiger partial charge in [-0.1, -0.05) is 40.2 Å². The molecule has 0 fully saturated rings. The summed E-state index contributed by atoms with van der Waals surface area (Å²) in [5.74, 6) is 0.0143. The predicted molar refractivity (Wildman–Crippen MR) is 107 cm³/mol. The van der Waals surface area contributed by atoms with Gasteiger partial charge in [0.05, 0.1) is 5.56 Å². The SMILES string of the molecule is Oc1ccccc1C1C=C(c2ccc(Br)cc2)NC(c2ccc(F)cc2)[NH2+]1. The Morgan fingerprint density at radius 1 is 0.926 bits per heavy atom. The molecule has 4 rings (SSSR count). The molecule has 1 aliphatic heterocycles. The molecule has 0 saturated carbocycles. The summed E-state index contributed by atoms with van der Waals surface area (Å²) in [5, 5.41) is 16.0. The van der Waals surface area contributed by atoms with Crippen molar-refractivity contribution in [1.29, 1.82) is 0 Å². The number of phenolic OH excluding ortho intramolecular Hbond substituents is 1. The van der Waals surface area contributed by atoms with E-state index >= 15 is 0 Å². The molecule has 2 atom stereocenters. The lowest BCUT2D eigenvalue weighted by Crippen LogP contribution is -2.89. The van der Waals surface area contributed by atoms with E-state index in [1.165, 1.54) is 12.1 Å². The van der Waals surface area contributed by atoms with Crippen LogP contribution in [-0.2, 0) is 0 Å². The van der Waals surface area contributed by atoms with Crippen LogP contribution in [0.1, 0.15) is 28.9 Å². The zero-order chi connectivity index (χ0) is 18.8. The Morgan fingerprint density at radius 3 is 2.33 bits per heavy atom. The minimum atomic E-state index is -0.254. The summed E-state index contributed by atoms with van der Waals surface area (Å²) in [5.41, 5.74) is 3.85. The van der Waals surface area contributed by atoms with Crippen molar-refractivity contribution in [3.05, 3.63) is 106 Å². The van der Waals surface area contributed by atoms with Crippen LogP contribution in [0.2, 0.25) is 0 Å². The average Bonchev–Trinajstić information content (AvgIpc) is 2.69. The molecule has 27 heavy (non-hydrogen) atoms. The van der Waals surface area contributed by atoms with Crippen molar-refractivity contribution in [2.75, 3.05) is 0 Å². The number of quaternary nitrogens is 1. The van der Waals surface area contributed by atoms with Crippen LogP contribution in [0.3, 0.4) is 0 Å². The standard InChI is InChI=1S/C22H18BrFN2O/c23-16-9-5-14(6-10-16)19-13-20(18-3-1-2-4-21(18)27)26-22(25-19)15-7-11-17(24)12-8-15/h1-13,20,22,25-27H/p+1. The zero-order valence-electron chi connectivity index (χ0n) is 14.4. The van der Waals surface area contributed by atoms with Gasteiger partial charge in [0.2, 0.25) is 0 Å². The van der Waals surface area contributed by atoms with Crippen LogP contribution in [0.4, 0.5) is 4.39 Å². The molecule has 2 unspecified atom stereocenters. The highest BCUT2D eigenvalue weighted by Crippen LogP contribution is 2.29. The first-order valence-corrected chi connectivity index (χ1v) is 9.52. The van der Waals surface area contributed by atoms with E-state index < -0.39 is 0 Å². The molecule has 1 heterocycles. The number of benzene rings is 3. The molecule has 0 aromatic heterocycles. The van der Waals surface area contributed by atoms with E-state index in [9.17, 15) is 9.50 Å². The summed E-state index contributed by atoms with van der Waals surface area (Å²) in [4.78, 5) is 0. The van der Waals surface area contributed by atoms with Gasteiger partial charge in [-0.05, 0) is 54.1 Å². The number of rotatable bonds is 3. The fourth-order valence-corrected chi connectivity index (χ4v) is 3.61. The highest BCUT2D eigenvalue weighted by molar-refractivity contribution is 9.10. The molecule has 5 heteroatoms. The van der Waals surface area contributed by atoms with Gasteiger partial charge in [-0.2, -0.15) is 0 Å². The summed E-state index contributed by atoms with van der Waals surface area (Å²) < 4.78 is 14.4. The first-order valence-electron chi connectivity index (χ1n) is 8.73. The number of hydrogen-bond acceptors (Lipinski definition) is 2. The number of nitrogens with two attached hydrogens (primary N) is 1. The third-order valence-electron chi connectivity index (χ3n) is 4.74. The van der Waals surface area contributed by atoms with Crippen molar-refractivity contribution < 1.29 is 14.8 Å². The lowest BCUT2D eigenvalue weighted by Gasteiger charge is -2.30. The maximum Gasteiger partial charge on any atom is 0.186 e. The molecular formula is C22H19BrFN2O+. The van der Waals surface area contributed by atoms with Crippen LogP contribution in [0.5, 0.6) is 5.75 Å². The molecule has 4 N–H and O–H groups in total. The van der Waals surface area contributed by atoms with Crippen molar-refractivity contribution in [3.63, 3.8) is 0 Å². The van der Waals surface area contributed by atoms with E-state index in [1.54, 1.807) is 18.2 Å². The van der Waals surface area contributed by atoms with Gasteiger partial charge in [0, 0.05) is 21.8 Å². The third kappa shape index (κ3) is 3.89. The van der Waals surface area contributed by atoms with Crippen LogP contribution in [-0.4, -0.2) is 5.11 Å². The van der Waals surface area contributed by atoms with Crippen LogP contribution in [0, 0.1) is 5.82 Å². The van der Waals surface area contributed by atoms with Gasteiger partial charge in [-0.25, -0.2) is 4.39 Å².